The van der Waals surface area contributed by atoms with Gasteiger partial charge < -0.3 is 14.7 Å². The van der Waals surface area contributed by atoms with Crippen LogP contribution in [-0.2, 0) is 4.74 Å². The lowest BCUT2D eigenvalue weighted by atomic mass is 9.46. The molecule has 160 valence electrons. The van der Waals surface area contributed by atoms with E-state index < -0.39 is 0 Å². The molecule has 3 aliphatic carbocycles. The third kappa shape index (κ3) is 3.28. The van der Waals surface area contributed by atoms with Crippen LogP contribution in [0.25, 0.3) is 0 Å². The zero-order valence-corrected chi connectivity index (χ0v) is 18.8. The molecule has 0 aromatic heterocycles. The highest BCUT2D eigenvalue weighted by Crippen LogP contribution is 2.63. The molecule has 4 heteroatoms. The molecule has 0 saturated heterocycles. The second-order valence-corrected chi connectivity index (χ2v) is 11.0. The normalized spacial score (nSPS) is 48.0. The molecule has 0 spiro atoms. The van der Waals surface area contributed by atoms with E-state index in [1.807, 2.05) is 0 Å². The monoisotopic (exact) mass is 390 g/mol. The van der Waals surface area contributed by atoms with Crippen molar-refractivity contribution >= 4 is 5.71 Å². The molecule has 0 unspecified atom stereocenters. The molecule has 3 saturated carbocycles. The Bertz CT molecular complexity index is 605. The van der Waals surface area contributed by atoms with Gasteiger partial charge in [0.1, 0.15) is 0 Å². The summed E-state index contributed by atoms with van der Waals surface area (Å²) in [5, 5.41) is 10.2. The number of aliphatic hydroxyl groups is 1. The van der Waals surface area contributed by atoms with Crippen LogP contribution in [0.5, 0.6) is 0 Å². The summed E-state index contributed by atoms with van der Waals surface area (Å²) in [7, 11) is 4.21. The van der Waals surface area contributed by atoms with Gasteiger partial charge >= 0.3 is 0 Å². The van der Waals surface area contributed by atoms with E-state index in [2.05, 4.69) is 39.8 Å². The maximum Gasteiger partial charge on any atom is 0.151 e. The van der Waals surface area contributed by atoms with Crippen LogP contribution >= 0.6 is 0 Å². The van der Waals surface area contributed by atoms with Gasteiger partial charge in [0.15, 0.2) is 6.23 Å². The Balaban J connectivity index is 1.57. The van der Waals surface area contributed by atoms with Gasteiger partial charge in [-0.25, -0.2) is 0 Å². The first kappa shape index (κ1) is 20.8. The van der Waals surface area contributed by atoms with Crippen molar-refractivity contribution in [1.82, 2.24) is 4.90 Å². The SMILES string of the molecule is CC[C@@H]1[C@@H](OCCN(C)C)N=C2[C@@H]3CC[C@@H]4C[C@@H](O)CC[C@]4(C)[C@H]3CC[C@@]21C. The molecule has 8 atom stereocenters. The van der Waals surface area contributed by atoms with E-state index in [0.29, 0.717) is 23.2 Å². The zero-order valence-electron chi connectivity index (χ0n) is 18.8. The number of likely N-dealkylation sites (N-methyl/N-ethyl adjacent to an activating group) is 1. The largest absolute Gasteiger partial charge is 0.393 e. The summed E-state index contributed by atoms with van der Waals surface area (Å²) in [5.41, 5.74) is 2.14. The van der Waals surface area contributed by atoms with Crippen molar-refractivity contribution in [2.45, 2.75) is 84.5 Å². The molecule has 4 aliphatic rings. The first-order valence-electron chi connectivity index (χ1n) is 11.8. The lowest BCUT2D eigenvalue weighted by Crippen LogP contribution is -2.55. The van der Waals surface area contributed by atoms with Crippen molar-refractivity contribution in [2.75, 3.05) is 27.2 Å². The fourth-order valence-electron chi connectivity index (χ4n) is 7.56. The summed E-state index contributed by atoms with van der Waals surface area (Å²) < 4.78 is 6.34. The molecule has 4 nitrogen and oxygen atoms in total. The fourth-order valence-corrected chi connectivity index (χ4v) is 7.56. The molecule has 1 N–H and O–H groups in total. The van der Waals surface area contributed by atoms with Gasteiger partial charge in [0.2, 0.25) is 0 Å². The Morgan fingerprint density at radius 3 is 2.64 bits per heavy atom. The van der Waals surface area contributed by atoms with Crippen LogP contribution < -0.4 is 0 Å². The molecular weight excluding hydrogens is 348 g/mol. The first-order chi connectivity index (χ1) is 13.3. The number of aliphatic imine (C=N–C) groups is 1. The maximum atomic E-state index is 10.2. The number of aliphatic hydroxyl groups excluding tert-OH is 1. The van der Waals surface area contributed by atoms with Crippen LogP contribution in [0.2, 0.25) is 0 Å². The van der Waals surface area contributed by atoms with Gasteiger partial charge in [-0.1, -0.05) is 20.8 Å². The molecule has 1 heterocycles. The highest BCUT2D eigenvalue weighted by atomic mass is 16.5. The summed E-state index contributed by atoms with van der Waals surface area (Å²) in [4.78, 5) is 7.51. The zero-order chi connectivity index (χ0) is 20.1. The van der Waals surface area contributed by atoms with Gasteiger partial charge in [0.05, 0.1) is 12.7 Å². The molecule has 1 aliphatic heterocycles. The third-order valence-electron chi connectivity index (χ3n) is 9.27. The second kappa shape index (κ2) is 7.67. The summed E-state index contributed by atoms with van der Waals surface area (Å²) in [6.45, 7) is 9.09. The van der Waals surface area contributed by atoms with Crippen molar-refractivity contribution in [2.24, 2.45) is 39.5 Å². The number of rotatable bonds is 5. The molecule has 0 aromatic rings. The van der Waals surface area contributed by atoms with E-state index in [-0.39, 0.29) is 17.7 Å². The lowest BCUT2D eigenvalue weighted by molar-refractivity contribution is -0.0741. The fraction of sp³-hybridized carbons (Fsp3) is 0.958. The molecule has 0 aromatic carbocycles. The quantitative estimate of drug-likeness (QED) is 0.758. The van der Waals surface area contributed by atoms with Gasteiger partial charge in [-0.2, -0.15) is 0 Å². The minimum absolute atomic E-state index is 0.0578. The average Bonchev–Trinajstić information content (AvgIpc) is 2.93. The van der Waals surface area contributed by atoms with E-state index in [4.69, 9.17) is 9.73 Å². The van der Waals surface area contributed by atoms with Crippen LogP contribution in [-0.4, -0.2) is 55.3 Å². The molecular formula is C24H42N2O2. The van der Waals surface area contributed by atoms with E-state index in [1.165, 1.54) is 37.8 Å². The van der Waals surface area contributed by atoms with Gasteiger partial charge in [0, 0.05) is 29.5 Å². The summed E-state index contributed by atoms with van der Waals surface area (Å²) in [6, 6.07) is 0. The van der Waals surface area contributed by atoms with E-state index in [9.17, 15) is 5.11 Å². The van der Waals surface area contributed by atoms with Gasteiger partial charge in [-0.3, -0.25) is 4.99 Å². The molecule has 3 fully saturated rings. The lowest BCUT2D eigenvalue weighted by Gasteiger charge is -2.58. The average molecular weight is 391 g/mol. The van der Waals surface area contributed by atoms with Crippen molar-refractivity contribution in [1.29, 1.82) is 0 Å². The predicted octanol–water partition coefficient (Wildman–Crippen LogP) is 4.37. The van der Waals surface area contributed by atoms with E-state index in [0.717, 1.165) is 38.3 Å². The topological polar surface area (TPSA) is 45.1 Å². The number of hydrogen-bond donors (Lipinski definition) is 1. The van der Waals surface area contributed by atoms with Crippen LogP contribution in [0, 0.1) is 34.5 Å². The van der Waals surface area contributed by atoms with Crippen molar-refractivity contribution in [3.63, 3.8) is 0 Å². The Kier molecular flexibility index (Phi) is 5.70. The van der Waals surface area contributed by atoms with Crippen LogP contribution in [0.1, 0.15) is 72.1 Å². The Morgan fingerprint density at radius 2 is 1.93 bits per heavy atom. The predicted molar refractivity (Wildman–Crippen MR) is 115 cm³/mol. The Labute approximate surface area is 172 Å². The standard InChI is InChI=1S/C24H42N2O2/c1-6-19-22(28-14-13-26(4)5)25-21-18-8-7-16-15-17(27)9-11-23(16,2)20(18)10-12-24(19,21)3/h16-20,22,27H,6-15H2,1-5H3/t16-,17+,18-,19-,20+,22-,23+,24-/m1/s1. The van der Waals surface area contributed by atoms with E-state index in [1.54, 1.807) is 0 Å². The summed E-state index contributed by atoms with van der Waals surface area (Å²) in [5.74, 6) is 2.64. The highest BCUT2D eigenvalue weighted by Gasteiger charge is 2.59. The van der Waals surface area contributed by atoms with Crippen LogP contribution in [0.4, 0.5) is 0 Å². The number of hydrogen-bond acceptors (Lipinski definition) is 4. The number of nitrogens with zero attached hydrogens (tertiary/aromatic N) is 2. The highest BCUT2D eigenvalue weighted by molar-refractivity contribution is 5.95. The minimum atomic E-state index is -0.0637. The van der Waals surface area contributed by atoms with Gasteiger partial charge in [0.25, 0.3) is 0 Å². The van der Waals surface area contributed by atoms with Crippen molar-refractivity contribution in [3.8, 4) is 0 Å². The smallest absolute Gasteiger partial charge is 0.151 e. The number of ether oxygens (including phenoxy) is 1. The van der Waals surface area contributed by atoms with Crippen molar-refractivity contribution in [3.05, 3.63) is 0 Å². The molecule has 4 rings (SSSR count). The maximum absolute atomic E-state index is 10.2. The molecule has 0 radical (unpaired) electrons. The van der Waals surface area contributed by atoms with Gasteiger partial charge in [-0.15, -0.1) is 0 Å². The van der Waals surface area contributed by atoms with E-state index >= 15 is 0 Å². The van der Waals surface area contributed by atoms with Crippen LogP contribution in [0.15, 0.2) is 4.99 Å². The minimum Gasteiger partial charge on any atom is -0.393 e. The molecule has 0 amide bonds. The number of fused-ring (bicyclic) bond motifs is 5. The molecule has 28 heavy (non-hydrogen) atoms. The molecule has 0 bridgehead atoms. The van der Waals surface area contributed by atoms with Crippen molar-refractivity contribution < 1.29 is 9.84 Å². The third-order valence-corrected chi connectivity index (χ3v) is 9.27. The summed E-state index contributed by atoms with van der Waals surface area (Å²) in [6.07, 6.45) is 9.51. The van der Waals surface area contributed by atoms with Crippen LogP contribution in [0.3, 0.4) is 0 Å². The first-order valence-corrected chi connectivity index (χ1v) is 11.8. The summed E-state index contributed by atoms with van der Waals surface area (Å²) >= 11 is 0. The van der Waals surface area contributed by atoms with Gasteiger partial charge in [-0.05, 0) is 82.7 Å². The Morgan fingerprint density at radius 1 is 1.14 bits per heavy atom. The Hall–Kier alpha value is -0.450. The second-order valence-electron chi connectivity index (χ2n) is 11.0.